The molecule has 0 bridgehead atoms. The molecule has 1 N–H and O–H groups in total. The molecule has 6 rings (SSSR count). The quantitative estimate of drug-likeness (QED) is 0.0941. The second-order valence-corrected chi connectivity index (χ2v) is 17.9. The van der Waals surface area contributed by atoms with Crippen molar-refractivity contribution in [2.45, 2.75) is 107 Å². The van der Waals surface area contributed by atoms with E-state index < -0.39 is 0 Å². The zero-order chi connectivity index (χ0) is 35.2. The first kappa shape index (κ1) is 39.4. The number of aromatic nitrogens is 1. The van der Waals surface area contributed by atoms with Crippen LogP contribution in [0.1, 0.15) is 104 Å². The number of hydrogen-bond acceptors (Lipinski definition) is 6. The number of ketones is 1. The number of nitrogens with zero attached hydrogens (tertiary/aromatic N) is 1. The maximum absolute atomic E-state index is 12.2. The average Bonchev–Trinajstić information content (AvgIpc) is 3.77. The van der Waals surface area contributed by atoms with E-state index in [-0.39, 0.29) is 47.9 Å². The molecule has 0 aliphatic carbocycles. The van der Waals surface area contributed by atoms with Gasteiger partial charge in [0.15, 0.2) is 5.78 Å². The largest absolute Gasteiger partial charge is 0.512 e. The number of rotatable bonds is 8. The van der Waals surface area contributed by atoms with Gasteiger partial charge in [-0.1, -0.05) is 73.4 Å². The number of pyridine rings is 1. The van der Waals surface area contributed by atoms with Gasteiger partial charge in [0, 0.05) is 73.3 Å². The maximum atomic E-state index is 12.2. The Kier molecular flexibility index (Phi) is 12.1. The number of carbonyl (C=O) groups is 1. The number of aliphatic hydroxyl groups excluding tert-OH is 1. The Morgan fingerprint density at radius 1 is 0.837 bits per heavy atom. The van der Waals surface area contributed by atoms with E-state index in [2.05, 4.69) is 76.4 Å². The van der Waals surface area contributed by atoms with E-state index in [1.807, 2.05) is 81.7 Å². The zero-order valence-corrected chi connectivity index (χ0v) is 35.7. The second-order valence-electron chi connectivity index (χ2n) is 14.7. The van der Waals surface area contributed by atoms with Crippen LogP contribution in [0.5, 0.6) is 0 Å². The van der Waals surface area contributed by atoms with E-state index in [1.54, 1.807) is 0 Å². The van der Waals surface area contributed by atoms with Crippen molar-refractivity contribution in [2.24, 2.45) is 10.8 Å². The Morgan fingerprint density at radius 3 is 2.06 bits per heavy atom. The van der Waals surface area contributed by atoms with Crippen LogP contribution in [0.15, 0.2) is 53.7 Å². The smallest absolute Gasteiger partial charge is 0.164 e. The summed E-state index contributed by atoms with van der Waals surface area (Å²) in [4.78, 5) is 18.5. The van der Waals surface area contributed by atoms with Gasteiger partial charge in [0.05, 0.1) is 0 Å². The molecule has 6 aromatic rings. The van der Waals surface area contributed by atoms with Crippen LogP contribution in [-0.2, 0) is 30.3 Å². The number of hydrogen-bond donors (Lipinski definition) is 1. The predicted molar refractivity (Wildman–Crippen MR) is 213 cm³/mol. The summed E-state index contributed by atoms with van der Waals surface area (Å²) in [6.07, 6.45) is 6.71. The molecule has 2 aromatic carbocycles. The van der Waals surface area contributed by atoms with Crippen molar-refractivity contribution >= 4 is 80.1 Å². The molecule has 0 unspecified atom stereocenters. The first-order chi connectivity index (χ1) is 22.6. The molecule has 0 fully saturated rings. The van der Waals surface area contributed by atoms with Gasteiger partial charge in [0.2, 0.25) is 0 Å². The number of aliphatic hydroxyl groups is 1. The Balaban J connectivity index is 0.000000260. The Labute approximate surface area is 318 Å². The third kappa shape index (κ3) is 7.48. The Bertz CT molecular complexity index is 2150. The molecule has 0 amide bonds. The van der Waals surface area contributed by atoms with Crippen molar-refractivity contribution in [2.75, 3.05) is 0 Å². The summed E-state index contributed by atoms with van der Waals surface area (Å²) in [6.45, 7) is 23.4. The van der Waals surface area contributed by atoms with Crippen LogP contribution in [0.4, 0.5) is 0 Å². The zero-order valence-electron chi connectivity index (χ0n) is 30.8. The molecule has 7 heteroatoms. The molecular weight excluding hydrogens is 839 g/mol. The van der Waals surface area contributed by atoms with Gasteiger partial charge < -0.3 is 5.11 Å². The van der Waals surface area contributed by atoms with Crippen molar-refractivity contribution in [3.63, 3.8) is 0 Å². The number of carbonyl (C=O) groups excluding carboxylic acids is 1. The van der Waals surface area contributed by atoms with E-state index in [0.717, 1.165) is 36.9 Å². The predicted octanol–water partition coefficient (Wildman–Crippen LogP) is 13.9. The molecule has 0 saturated carbocycles. The minimum Gasteiger partial charge on any atom is -0.512 e. The first-order valence-electron chi connectivity index (χ1n) is 17.2. The molecule has 0 spiro atoms. The van der Waals surface area contributed by atoms with Crippen LogP contribution in [-0.4, -0.2) is 15.9 Å². The molecular formula is C42H50IrNO2S3-. The standard InChI is InChI=1S/C27H22NS3.C15H28O2.Ir/c1-14-15(2)30-22-13-20-18-6-8-28-24(26(18)31-23(20)12-19(14)22)17-10-16-7-9-29-25(16)21(11-17)27(3,4)5;1-7-14(5,8-2)12(16)11-13(17)15(6,9-3)10-4;/h6-9,11-13H,1-5H3;11,16H,7-10H2,1-6H3;/q-1;;/b;12-11-;. The summed E-state index contributed by atoms with van der Waals surface area (Å²) in [5.41, 5.74) is 4.40. The van der Waals surface area contributed by atoms with Crippen LogP contribution >= 0.6 is 34.0 Å². The van der Waals surface area contributed by atoms with Crippen molar-refractivity contribution < 1.29 is 30.0 Å². The normalized spacial score (nSPS) is 12.8. The summed E-state index contributed by atoms with van der Waals surface area (Å²) in [5, 5.41) is 17.5. The molecule has 0 saturated heterocycles. The third-order valence-electron chi connectivity index (χ3n) is 10.8. The summed E-state index contributed by atoms with van der Waals surface area (Å²) < 4.78 is 5.31. The Hall–Kier alpha value is -2.41. The SMILES string of the molecule is CCC(C)(CC)C(=O)/C=C(\O)C(C)(CC)CC.Cc1sc2cc3c(cc2c1C)sc1c(-c2[c-]c4ccsc4c(C(C)(C)C)c2)nccc13.[Ir]. The van der Waals surface area contributed by atoms with Gasteiger partial charge >= 0.3 is 0 Å². The van der Waals surface area contributed by atoms with E-state index in [0.29, 0.717) is 0 Å². The minimum atomic E-state index is -0.337. The number of thiophene rings is 3. The number of benzene rings is 2. The van der Waals surface area contributed by atoms with Crippen LogP contribution < -0.4 is 0 Å². The molecule has 0 aliphatic rings. The fourth-order valence-corrected chi connectivity index (χ4v) is 9.50. The van der Waals surface area contributed by atoms with Crippen molar-refractivity contribution in [3.05, 3.63) is 75.8 Å². The number of aryl methyl sites for hydroxylation is 2. The average molecular weight is 889 g/mol. The van der Waals surface area contributed by atoms with Crippen LogP contribution in [0.2, 0.25) is 0 Å². The van der Waals surface area contributed by atoms with E-state index in [9.17, 15) is 9.90 Å². The fourth-order valence-electron chi connectivity index (χ4n) is 6.10. The number of allylic oxidation sites excluding steroid dienone is 2. The van der Waals surface area contributed by atoms with E-state index >= 15 is 0 Å². The maximum Gasteiger partial charge on any atom is 0.164 e. The molecule has 0 atom stereocenters. The van der Waals surface area contributed by atoms with Gasteiger partial charge in [-0.15, -0.1) is 46.3 Å². The molecule has 49 heavy (non-hydrogen) atoms. The van der Waals surface area contributed by atoms with Gasteiger partial charge in [0.1, 0.15) is 5.76 Å². The second kappa shape index (κ2) is 15.1. The molecule has 0 aliphatic heterocycles. The summed E-state index contributed by atoms with van der Waals surface area (Å²) in [5.74, 6) is 0.286. The van der Waals surface area contributed by atoms with E-state index in [4.69, 9.17) is 4.98 Å². The summed E-state index contributed by atoms with van der Waals surface area (Å²) in [7, 11) is 0. The third-order valence-corrected chi connectivity index (χ3v) is 14.1. The molecule has 4 heterocycles. The van der Waals surface area contributed by atoms with Crippen LogP contribution in [0, 0.1) is 30.7 Å². The summed E-state index contributed by atoms with van der Waals surface area (Å²) >= 11 is 5.57. The van der Waals surface area contributed by atoms with Gasteiger partial charge in [-0.2, -0.15) is 11.3 Å². The molecule has 263 valence electrons. The van der Waals surface area contributed by atoms with Gasteiger partial charge in [-0.3, -0.25) is 9.78 Å². The van der Waals surface area contributed by atoms with Gasteiger partial charge in [-0.05, 0) is 89.6 Å². The van der Waals surface area contributed by atoms with Crippen molar-refractivity contribution in [3.8, 4) is 11.3 Å². The molecule has 3 nitrogen and oxygen atoms in total. The van der Waals surface area contributed by atoms with Crippen LogP contribution in [0.25, 0.3) is 51.6 Å². The van der Waals surface area contributed by atoms with Crippen LogP contribution in [0.3, 0.4) is 0 Å². The summed E-state index contributed by atoms with van der Waals surface area (Å²) in [6, 6.07) is 15.1. The molecule has 1 radical (unpaired) electrons. The van der Waals surface area contributed by atoms with Gasteiger partial charge in [-0.25, -0.2) is 0 Å². The van der Waals surface area contributed by atoms with Crippen molar-refractivity contribution in [1.82, 2.24) is 4.98 Å². The first-order valence-corrected chi connectivity index (χ1v) is 19.7. The van der Waals surface area contributed by atoms with Crippen molar-refractivity contribution in [1.29, 1.82) is 0 Å². The topological polar surface area (TPSA) is 50.2 Å². The van der Waals surface area contributed by atoms with E-state index in [1.165, 1.54) is 62.4 Å². The Morgan fingerprint density at radius 2 is 1.45 bits per heavy atom. The number of fused-ring (bicyclic) bond motifs is 5. The monoisotopic (exact) mass is 889 g/mol. The molecule has 4 aromatic heterocycles. The fraction of sp³-hybridized carbons (Fsp3) is 0.429. The van der Waals surface area contributed by atoms with Gasteiger partial charge in [0.25, 0.3) is 0 Å². The minimum absolute atomic E-state index is 0.